The summed E-state index contributed by atoms with van der Waals surface area (Å²) in [7, 11) is 2.63. The van der Waals surface area contributed by atoms with Crippen LogP contribution in [0.15, 0.2) is 45.9 Å². The van der Waals surface area contributed by atoms with Crippen molar-refractivity contribution in [3.63, 3.8) is 0 Å². The molecule has 0 spiro atoms. The van der Waals surface area contributed by atoms with Crippen LogP contribution in [0.25, 0.3) is 0 Å². The molecule has 0 amide bonds. The van der Waals surface area contributed by atoms with Gasteiger partial charge in [-0.3, -0.25) is 9.79 Å². The van der Waals surface area contributed by atoms with E-state index in [4.69, 9.17) is 9.47 Å². The minimum absolute atomic E-state index is 0.345. The van der Waals surface area contributed by atoms with E-state index in [9.17, 15) is 9.59 Å². The number of thioether (sulfide) groups is 1. The molecule has 0 N–H and O–H groups in total. The van der Waals surface area contributed by atoms with Crippen molar-refractivity contribution in [3.05, 3.63) is 41.6 Å². The molecule has 1 aliphatic heterocycles. The lowest BCUT2D eigenvalue weighted by Gasteiger charge is -2.26. The Morgan fingerprint density at radius 2 is 1.82 bits per heavy atom. The van der Waals surface area contributed by atoms with Crippen molar-refractivity contribution < 1.29 is 19.1 Å². The number of hydrogen-bond donors (Lipinski definition) is 0. The van der Waals surface area contributed by atoms with E-state index in [2.05, 4.69) is 4.99 Å². The molecule has 5 nitrogen and oxygen atoms in total. The zero-order valence-electron chi connectivity index (χ0n) is 12.6. The first kappa shape index (κ1) is 16.3. The Morgan fingerprint density at radius 1 is 1.14 bits per heavy atom. The van der Waals surface area contributed by atoms with Crippen LogP contribution in [0, 0.1) is 5.92 Å². The van der Waals surface area contributed by atoms with E-state index in [1.807, 2.05) is 30.5 Å². The van der Waals surface area contributed by atoms with Crippen molar-refractivity contribution in [2.24, 2.45) is 10.9 Å². The second kappa shape index (κ2) is 7.26. The van der Waals surface area contributed by atoms with Crippen molar-refractivity contribution in [2.75, 3.05) is 20.5 Å². The van der Waals surface area contributed by atoms with E-state index in [0.717, 1.165) is 10.5 Å². The number of ether oxygens (including phenoxy) is 2. The molecule has 2 atom stereocenters. The predicted octanol–water partition coefficient (Wildman–Crippen LogP) is 2.42. The molecule has 1 aromatic carbocycles. The van der Waals surface area contributed by atoms with Crippen molar-refractivity contribution in [1.29, 1.82) is 0 Å². The molecule has 1 aromatic rings. The van der Waals surface area contributed by atoms with Crippen molar-refractivity contribution in [1.82, 2.24) is 0 Å². The van der Waals surface area contributed by atoms with Gasteiger partial charge in [0, 0.05) is 23.2 Å². The topological polar surface area (TPSA) is 65.0 Å². The average Bonchev–Trinajstić information content (AvgIpc) is 2.59. The third kappa shape index (κ3) is 3.22. The Morgan fingerprint density at radius 3 is 2.36 bits per heavy atom. The second-order valence-corrected chi connectivity index (χ2v) is 5.55. The molecule has 0 fully saturated rings. The average molecular weight is 319 g/mol. The molecule has 0 bridgehead atoms. The number of hydrogen-bond acceptors (Lipinski definition) is 6. The van der Waals surface area contributed by atoms with Crippen LogP contribution < -0.4 is 0 Å². The van der Waals surface area contributed by atoms with Gasteiger partial charge in [0.05, 0.1) is 19.8 Å². The number of benzene rings is 1. The summed E-state index contributed by atoms with van der Waals surface area (Å²) in [6.07, 6.45) is 4.93. The van der Waals surface area contributed by atoms with Crippen LogP contribution in [0.5, 0.6) is 0 Å². The molecule has 22 heavy (non-hydrogen) atoms. The predicted molar refractivity (Wildman–Crippen MR) is 85.1 cm³/mol. The Bertz CT molecular complexity index is 622. The first-order chi connectivity index (χ1) is 10.6. The van der Waals surface area contributed by atoms with Gasteiger partial charge in [0.2, 0.25) is 0 Å². The molecule has 1 aliphatic rings. The smallest absolute Gasteiger partial charge is 0.335 e. The number of carbonyl (C=O) groups excluding carboxylic acids is 2. The first-order valence-electron chi connectivity index (χ1n) is 6.65. The molecule has 6 heteroatoms. The standard InChI is InChI=1S/C16H17NO4S/c1-20-15(18)12-8-17-9-13(16(19)21-2)14(12)10-4-6-11(22-3)7-5-10/h4-9,12,14H,1-3H3/t12?,14-/m0/s1. The monoisotopic (exact) mass is 319 g/mol. The number of esters is 2. The van der Waals surface area contributed by atoms with Gasteiger partial charge in [0.1, 0.15) is 5.92 Å². The van der Waals surface area contributed by atoms with E-state index in [-0.39, 0.29) is 0 Å². The fraction of sp³-hybridized carbons (Fsp3) is 0.312. The molecule has 1 heterocycles. The molecule has 0 saturated heterocycles. The third-order valence-electron chi connectivity index (χ3n) is 3.52. The SMILES string of the molecule is COC(=O)C1=CN=CC(C(=O)OC)[C@@H]1c1ccc(SC)cc1. The summed E-state index contributed by atoms with van der Waals surface area (Å²) in [5.41, 5.74) is 1.19. The van der Waals surface area contributed by atoms with Gasteiger partial charge in [-0.1, -0.05) is 12.1 Å². The maximum absolute atomic E-state index is 12.0. The highest BCUT2D eigenvalue weighted by Gasteiger charge is 2.37. The van der Waals surface area contributed by atoms with Gasteiger partial charge in [-0.05, 0) is 24.0 Å². The molecular weight excluding hydrogens is 302 g/mol. The first-order valence-corrected chi connectivity index (χ1v) is 7.88. The molecule has 0 aliphatic carbocycles. The van der Waals surface area contributed by atoms with E-state index >= 15 is 0 Å². The maximum Gasteiger partial charge on any atom is 0.335 e. The number of rotatable bonds is 4. The summed E-state index contributed by atoms with van der Waals surface area (Å²) < 4.78 is 9.65. The van der Waals surface area contributed by atoms with Crippen molar-refractivity contribution >= 4 is 29.9 Å². The van der Waals surface area contributed by atoms with Gasteiger partial charge in [-0.25, -0.2) is 4.79 Å². The van der Waals surface area contributed by atoms with Crippen LogP contribution in [-0.2, 0) is 19.1 Å². The van der Waals surface area contributed by atoms with Gasteiger partial charge in [-0.15, -0.1) is 11.8 Å². The van der Waals surface area contributed by atoms with Gasteiger partial charge in [0.25, 0.3) is 0 Å². The number of carbonyl (C=O) groups is 2. The van der Waals surface area contributed by atoms with Crippen LogP contribution in [0.4, 0.5) is 0 Å². The van der Waals surface area contributed by atoms with Gasteiger partial charge in [0.15, 0.2) is 0 Å². The molecule has 0 aromatic heterocycles. The Labute approximate surface area is 133 Å². The Balaban J connectivity index is 2.45. The Hall–Kier alpha value is -2.08. The van der Waals surface area contributed by atoms with Gasteiger partial charge >= 0.3 is 11.9 Å². The molecule has 116 valence electrons. The van der Waals surface area contributed by atoms with Crippen LogP contribution in [0.2, 0.25) is 0 Å². The normalized spacial score (nSPS) is 20.2. The summed E-state index contributed by atoms with van der Waals surface area (Å²) in [6.45, 7) is 0. The quantitative estimate of drug-likeness (QED) is 0.630. The van der Waals surface area contributed by atoms with Crippen molar-refractivity contribution in [2.45, 2.75) is 10.8 Å². The minimum Gasteiger partial charge on any atom is -0.468 e. The van der Waals surface area contributed by atoms with E-state index in [1.165, 1.54) is 26.6 Å². The zero-order valence-corrected chi connectivity index (χ0v) is 13.4. The lowest BCUT2D eigenvalue weighted by Crippen LogP contribution is -2.31. The van der Waals surface area contributed by atoms with E-state index in [1.54, 1.807) is 11.8 Å². The highest BCUT2D eigenvalue weighted by Crippen LogP contribution is 2.36. The zero-order chi connectivity index (χ0) is 16.1. The summed E-state index contributed by atoms with van der Waals surface area (Å²) in [6, 6.07) is 7.72. The largest absolute Gasteiger partial charge is 0.468 e. The minimum atomic E-state index is -0.649. The lowest BCUT2D eigenvalue weighted by molar-refractivity contribution is -0.143. The Kier molecular flexibility index (Phi) is 5.38. The summed E-state index contributed by atoms with van der Waals surface area (Å²) in [5.74, 6) is -2.04. The number of aliphatic imine (C=N–C) groups is 1. The highest BCUT2D eigenvalue weighted by atomic mass is 32.2. The third-order valence-corrected chi connectivity index (χ3v) is 4.27. The van der Waals surface area contributed by atoms with E-state index in [0.29, 0.717) is 5.57 Å². The number of nitrogens with zero attached hydrogens (tertiary/aromatic N) is 1. The summed E-state index contributed by atoms with van der Waals surface area (Å²) in [4.78, 5) is 29.1. The maximum atomic E-state index is 12.0. The molecule has 1 unspecified atom stereocenters. The van der Waals surface area contributed by atoms with Crippen LogP contribution in [-0.4, -0.2) is 38.6 Å². The molecule has 2 rings (SSSR count). The fourth-order valence-corrected chi connectivity index (χ4v) is 2.81. The second-order valence-electron chi connectivity index (χ2n) is 4.67. The molecule has 0 saturated carbocycles. The van der Waals surface area contributed by atoms with Crippen molar-refractivity contribution in [3.8, 4) is 0 Å². The summed E-state index contributed by atoms with van der Waals surface area (Å²) >= 11 is 1.62. The van der Waals surface area contributed by atoms with E-state index < -0.39 is 23.8 Å². The fourth-order valence-electron chi connectivity index (χ4n) is 2.40. The van der Waals surface area contributed by atoms with Crippen LogP contribution >= 0.6 is 11.8 Å². The van der Waals surface area contributed by atoms with Gasteiger partial charge in [-0.2, -0.15) is 0 Å². The number of methoxy groups -OCH3 is 2. The van der Waals surface area contributed by atoms with Crippen LogP contribution in [0.1, 0.15) is 11.5 Å². The molecule has 0 radical (unpaired) electrons. The highest BCUT2D eigenvalue weighted by molar-refractivity contribution is 7.98. The summed E-state index contributed by atoms with van der Waals surface area (Å²) in [5, 5.41) is 0. The van der Waals surface area contributed by atoms with Gasteiger partial charge < -0.3 is 9.47 Å². The lowest BCUT2D eigenvalue weighted by atomic mass is 9.80. The molecular formula is C16H17NO4S. The van der Waals surface area contributed by atoms with Crippen LogP contribution in [0.3, 0.4) is 0 Å².